The van der Waals surface area contributed by atoms with E-state index >= 15 is 0 Å². The van der Waals surface area contributed by atoms with Gasteiger partial charge in [-0.2, -0.15) is 0 Å². The SMILES string of the molecule is Cc1cc(C(N)=O)ccc1NC(N)=S. The van der Waals surface area contributed by atoms with Crippen molar-refractivity contribution < 1.29 is 4.79 Å². The van der Waals surface area contributed by atoms with Crippen molar-refractivity contribution in [1.29, 1.82) is 0 Å². The molecule has 0 heterocycles. The molecule has 0 spiro atoms. The van der Waals surface area contributed by atoms with Crippen molar-refractivity contribution in [3.05, 3.63) is 29.3 Å². The Morgan fingerprint density at radius 2 is 2.07 bits per heavy atom. The molecular weight excluding hydrogens is 198 g/mol. The zero-order chi connectivity index (χ0) is 10.7. The topological polar surface area (TPSA) is 81.1 Å². The van der Waals surface area contributed by atoms with E-state index in [1.807, 2.05) is 6.92 Å². The Hall–Kier alpha value is -1.62. The minimum Gasteiger partial charge on any atom is -0.376 e. The fourth-order valence-electron chi connectivity index (χ4n) is 1.09. The van der Waals surface area contributed by atoms with Gasteiger partial charge in [0.1, 0.15) is 0 Å². The van der Waals surface area contributed by atoms with Crippen LogP contribution in [0.15, 0.2) is 18.2 Å². The predicted octanol–water partition coefficient (Wildman–Crippen LogP) is 0.749. The molecule has 0 atom stereocenters. The second-order valence-electron chi connectivity index (χ2n) is 2.88. The van der Waals surface area contributed by atoms with E-state index in [0.717, 1.165) is 11.3 Å². The Bertz CT molecular complexity index is 390. The Kier molecular flexibility index (Phi) is 3.03. The van der Waals surface area contributed by atoms with Gasteiger partial charge in [-0.05, 0) is 42.9 Å². The summed E-state index contributed by atoms with van der Waals surface area (Å²) in [6, 6.07) is 5.02. The van der Waals surface area contributed by atoms with Gasteiger partial charge in [0.25, 0.3) is 0 Å². The lowest BCUT2D eigenvalue weighted by Crippen LogP contribution is -2.20. The summed E-state index contributed by atoms with van der Waals surface area (Å²) in [5, 5.41) is 2.99. The Morgan fingerprint density at radius 1 is 1.43 bits per heavy atom. The van der Waals surface area contributed by atoms with Crippen LogP contribution >= 0.6 is 12.2 Å². The van der Waals surface area contributed by atoms with Crippen molar-refractivity contribution in [1.82, 2.24) is 0 Å². The molecule has 1 amide bonds. The maximum absolute atomic E-state index is 10.8. The quantitative estimate of drug-likeness (QED) is 0.628. The largest absolute Gasteiger partial charge is 0.376 e. The molecule has 0 radical (unpaired) electrons. The average Bonchev–Trinajstić information content (AvgIpc) is 2.07. The number of hydrogen-bond donors (Lipinski definition) is 3. The summed E-state index contributed by atoms with van der Waals surface area (Å²) in [6.07, 6.45) is 0. The number of aryl methyl sites for hydroxylation is 1. The number of hydrogen-bond acceptors (Lipinski definition) is 2. The fraction of sp³-hybridized carbons (Fsp3) is 0.111. The lowest BCUT2D eigenvalue weighted by Gasteiger charge is -2.08. The van der Waals surface area contributed by atoms with Crippen molar-refractivity contribution in [2.75, 3.05) is 5.32 Å². The molecular formula is C9H11N3OS. The van der Waals surface area contributed by atoms with Crippen molar-refractivity contribution in [2.24, 2.45) is 11.5 Å². The molecule has 1 rings (SSSR count). The van der Waals surface area contributed by atoms with E-state index in [-0.39, 0.29) is 5.11 Å². The number of nitrogens with two attached hydrogens (primary N) is 2. The van der Waals surface area contributed by atoms with Gasteiger partial charge in [-0.15, -0.1) is 0 Å². The van der Waals surface area contributed by atoms with E-state index in [4.69, 9.17) is 23.7 Å². The van der Waals surface area contributed by atoms with Gasteiger partial charge in [-0.1, -0.05) is 0 Å². The van der Waals surface area contributed by atoms with Gasteiger partial charge in [0.15, 0.2) is 5.11 Å². The second kappa shape index (κ2) is 4.06. The van der Waals surface area contributed by atoms with E-state index < -0.39 is 5.91 Å². The molecule has 4 nitrogen and oxygen atoms in total. The molecule has 1 aromatic carbocycles. The summed E-state index contributed by atoms with van der Waals surface area (Å²) in [4.78, 5) is 10.8. The van der Waals surface area contributed by atoms with Gasteiger partial charge in [0, 0.05) is 11.3 Å². The first kappa shape index (κ1) is 10.5. The van der Waals surface area contributed by atoms with Gasteiger partial charge in [0.2, 0.25) is 5.91 Å². The zero-order valence-electron chi connectivity index (χ0n) is 7.70. The number of nitrogens with one attached hydrogen (secondary N) is 1. The van der Waals surface area contributed by atoms with Gasteiger partial charge >= 0.3 is 0 Å². The molecule has 5 N–H and O–H groups in total. The lowest BCUT2D eigenvalue weighted by atomic mass is 10.1. The molecule has 0 saturated carbocycles. The van der Waals surface area contributed by atoms with Crippen LogP contribution in [0.4, 0.5) is 5.69 Å². The van der Waals surface area contributed by atoms with Crippen LogP contribution in [0.25, 0.3) is 0 Å². The summed E-state index contributed by atoms with van der Waals surface area (Å²) >= 11 is 4.70. The second-order valence-corrected chi connectivity index (χ2v) is 3.32. The number of anilines is 1. The van der Waals surface area contributed by atoms with Gasteiger partial charge in [-0.25, -0.2) is 0 Å². The average molecular weight is 209 g/mol. The fourth-order valence-corrected chi connectivity index (χ4v) is 1.20. The third-order valence-corrected chi connectivity index (χ3v) is 1.87. The number of thiocarbonyl (C=S) groups is 1. The summed E-state index contributed by atoms with van der Waals surface area (Å²) in [6.45, 7) is 1.84. The minimum absolute atomic E-state index is 0.194. The van der Waals surface area contributed by atoms with Crippen molar-refractivity contribution in [3.63, 3.8) is 0 Å². The van der Waals surface area contributed by atoms with E-state index in [1.54, 1.807) is 18.2 Å². The number of benzene rings is 1. The summed E-state index contributed by atoms with van der Waals surface area (Å²) in [5.74, 6) is -0.449. The number of carbonyl (C=O) groups is 1. The Morgan fingerprint density at radius 3 is 2.50 bits per heavy atom. The van der Waals surface area contributed by atoms with Gasteiger partial charge in [0.05, 0.1) is 0 Å². The Labute approximate surface area is 87.3 Å². The first-order valence-corrected chi connectivity index (χ1v) is 4.38. The molecule has 0 fully saturated rings. The number of primary amides is 1. The standard InChI is InChI=1S/C9H11N3OS/c1-5-4-6(8(10)13)2-3-7(5)12-9(11)14/h2-4H,1H3,(H2,10,13)(H3,11,12,14). The highest BCUT2D eigenvalue weighted by molar-refractivity contribution is 7.80. The van der Waals surface area contributed by atoms with Crippen LogP contribution in [0, 0.1) is 6.92 Å². The van der Waals surface area contributed by atoms with Crippen LogP contribution in [0.3, 0.4) is 0 Å². The monoisotopic (exact) mass is 209 g/mol. The van der Waals surface area contributed by atoms with Crippen LogP contribution in [0.2, 0.25) is 0 Å². The minimum atomic E-state index is -0.449. The summed E-state index contributed by atoms with van der Waals surface area (Å²) in [7, 11) is 0. The normalized spacial score (nSPS) is 9.50. The summed E-state index contributed by atoms with van der Waals surface area (Å²) < 4.78 is 0. The smallest absolute Gasteiger partial charge is 0.248 e. The van der Waals surface area contributed by atoms with Crippen molar-refractivity contribution >= 4 is 28.9 Å². The molecule has 0 unspecified atom stereocenters. The van der Waals surface area contributed by atoms with Gasteiger partial charge < -0.3 is 16.8 Å². The molecule has 0 aliphatic heterocycles. The summed E-state index contributed by atoms with van der Waals surface area (Å²) in [5.41, 5.74) is 12.6. The lowest BCUT2D eigenvalue weighted by molar-refractivity contribution is 0.100. The maximum Gasteiger partial charge on any atom is 0.248 e. The Balaban J connectivity index is 3.01. The third-order valence-electron chi connectivity index (χ3n) is 1.77. The van der Waals surface area contributed by atoms with Crippen LogP contribution in [0.5, 0.6) is 0 Å². The van der Waals surface area contributed by atoms with Crippen molar-refractivity contribution in [3.8, 4) is 0 Å². The zero-order valence-corrected chi connectivity index (χ0v) is 8.52. The third kappa shape index (κ3) is 2.43. The maximum atomic E-state index is 10.8. The first-order valence-electron chi connectivity index (χ1n) is 3.97. The molecule has 14 heavy (non-hydrogen) atoms. The highest BCUT2D eigenvalue weighted by Crippen LogP contribution is 2.15. The highest BCUT2D eigenvalue weighted by atomic mass is 32.1. The van der Waals surface area contributed by atoms with Crippen LogP contribution in [-0.2, 0) is 0 Å². The molecule has 0 aliphatic rings. The van der Waals surface area contributed by atoms with E-state index in [2.05, 4.69) is 5.32 Å². The highest BCUT2D eigenvalue weighted by Gasteiger charge is 2.03. The molecule has 1 aromatic rings. The number of amides is 1. The van der Waals surface area contributed by atoms with E-state index in [1.165, 1.54) is 0 Å². The van der Waals surface area contributed by atoms with Crippen LogP contribution < -0.4 is 16.8 Å². The van der Waals surface area contributed by atoms with Crippen LogP contribution in [-0.4, -0.2) is 11.0 Å². The van der Waals surface area contributed by atoms with E-state index in [0.29, 0.717) is 5.56 Å². The number of carbonyl (C=O) groups excluding carboxylic acids is 1. The molecule has 74 valence electrons. The molecule has 5 heteroatoms. The molecule has 0 saturated heterocycles. The number of rotatable bonds is 2. The van der Waals surface area contributed by atoms with E-state index in [9.17, 15) is 4.79 Å². The molecule has 0 aliphatic carbocycles. The van der Waals surface area contributed by atoms with Crippen molar-refractivity contribution in [2.45, 2.75) is 6.92 Å². The first-order chi connectivity index (χ1) is 6.50. The predicted molar refractivity (Wildman–Crippen MR) is 60.1 cm³/mol. The van der Waals surface area contributed by atoms with Gasteiger partial charge in [-0.3, -0.25) is 4.79 Å². The van der Waals surface area contributed by atoms with Crippen LogP contribution in [0.1, 0.15) is 15.9 Å². The molecule has 0 aromatic heterocycles. The molecule has 0 bridgehead atoms.